The normalized spacial score (nSPS) is 11.9. The molecule has 0 aliphatic rings. The van der Waals surface area contributed by atoms with Crippen LogP contribution in [0.25, 0.3) is 0 Å². The molecule has 0 aliphatic carbocycles. The van der Waals surface area contributed by atoms with Crippen LogP contribution in [-0.4, -0.2) is 29.4 Å². The molecule has 0 unspecified atom stereocenters. The second-order valence-corrected chi connectivity index (χ2v) is 4.27. The summed E-state index contributed by atoms with van der Waals surface area (Å²) in [6.07, 6.45) is 0.761. The number of alkyl halides is 1. The summed E-state index contributed by atoms with van der Waals surface area (Å²) in [4.78, 5) is 21.6. The van der Waals surface area contributed by atoms with Crippen LogP contribution in [0.2, 0.25) is 0 Å². The summed E-state index contributed by atoms with van der Waals surface area (Å²) in [7, 11) is 0. The van der Waals surface area contributed by atoms with E-state index in [0.29, 0.717) is 12.4 Å². The smallest absolute Gasteiger partial charge is 0.328 e. The van der Waals surface area contributed by atoms with Crippen molar-refractivity contribution in [1.82, 2.24) is 5.32 Å². The molecule has 0 saturated heterocycles. The molecular formula is C12H15ClN2O4. The third-order valence-electron chi connectivity index (χ3n) is 2.38. The van der Waals surface area contributed by atoms with E-state index in [9.17, 15) is 14.9 Å². The first kappa shape index (κ1) is 15.4. The Hall–Kier alpha value is -1.66. The van der Waals surface area contributed by atoms with Crippen molar-refractivity contribution in [1.29, 1.82) is 0 Å². The van der Waals surface area contributed by atoms with E-state index >= 15 is 0 Å². The van der Waals surface area contributed by atoms with Crippen LogP contribution in [0.3, 0.4) is 0 Å². The molecule has 6 nitrogen and oxygen atoms in total. The van der Waals surface area contributed by atoms with Gasteiger partial charge in [-0.3, -0.25) is 10.1 Å². The van der Waals surface area contributed by atoms with Gasteiger partial charge in [-0.2, -0.15) is 0 Å². The van der Waals surface area contributed by atoms with Gasteiger partial charge in [0.1, 0.15) is 11.8 Å². The van der Waals surface area contributed by atoms with Crippen molar-refractivity contribution in [2.75, 3.05) is 12.4 Å². The Kier molecular flexibility index (Phi) is 6.24. The third kappa shape index (κ3) is 5.23. The second kappa shape index (κ2) is 7.70. The Balaban J connectivity index is 2.49. The summed E-state index contributed by atoms with van der Waals surface area (Å²) in [5.74, 6) is 0.363. The van der Waals surface area contributed by atoms with Gasteiger partial charge >= 0.3 is 5.97 Å². The summed E-state index contributed by atoms with van der Waals surface area (Å²) in [5.41, 5.74) is -0.0481. The molecule has 0 amide bonds. The fraction of sp³-hybridized carbons (Fsp3) is 0.417. The van der Waals surface area contributed by atoms with Crippen LogP contribution in [0, 0.1) is 10.1 Å². The summed E-state index contributed by atoms with van der Waals surface area (Å²) >= 11 is 5.52. The van der Waals surface area contributed by atoms with Gasteiger partial charge in [0, 0.05) is 18.0 Å². The number of nitrogens with one attached hydrogen (secondary N) is 1. The Morgan fingerprint density at radius 1 is 1.47 bits per heavy atom. The first-order valence-corrected chi connectivity index (χ1v) is 6.33. The predicted octanol–water partition coefficient (Wildman–Crippen LogP) is 2.11. The highest BCUT2D eigenvalue weighted by Gasteiger charge is 2.15. The number of nitro groups is 1. The molecule has 1 N–H and O–H groups in total. The lowest BCUT2D eigenvalue weighted by Gasteiger charge is -2.12. The van der Waals surface area contributed by atoms with Gasteiger partial charge < -0.3 is 10.1 Å². The molecular weight excluding hydrogens is 272 g/mol. The SMILES string of the molecule is C[C@H](NCCCCl)C(=O)Oc1ccc([N+](=O)[O-])cc1. The number of ether oxygens (including phenoxy) is 1. The lowest BCUT2D eigenvalue weighted by Crippen LogP contribution is -2.37. The van der Waals surface area contributed by atoms with Gasteiger partial charge in [-0.25, -0.2) is 4.79 Å². The molecule has 1 rings (SSSR count). The molecule has 1 atom stereocenters. The van der Waals surface area contributed by atoms with E-state index in [2.05, 4.69) is 5.32 Å². The van der Waals surface area contributed by atoms with Crippen molar-refractivity contribution in [3.8, 4) is 5.75 Å². The van der Waals surface area contributed by atoms with E-state index in [0.717, 1.165) is 6.42 Å². The van der Waals surface area contributed by atoms with Crippen LogP contribution in [0.5, 0.6) is 5.75 Å². The molecule has 104 valence electrons. The number of hydrogen-bond acceptors (Lipinski definition) is 5. The summed E-state index contributed by atoms with van der Waals surface area (Å²) in [5, 5.41) is 13.4. The van der Waals surface area contributed by atoms with Gasteiger partial charge in [0.05, 0.1) is 4.92 Å². The van der Waals surface area contributed by atoms with Crippen molar-refractivity contribution >= 4 is 23.3 Å². The van der Waals surface area contributed by atoms with Crippen molar-refractivity contribution < 1.29 is 14.5 Å². The van der Waals surface area contributed by atoms with Crippen LogP contribution in [0.1, 0.15) is 13.3 Å². The fourth-order valence-corrected chi connectivity index (χ4v) is 1.44. The number of halogens is 1. The summed E-state index contributed by atoms with van der Waals surface area (Å²) in [6, 6.07) is 4.89. The van der Waals surface area contributed by atoms with Crippen LogP contribution in [-0.2, 0) is 4.79 Å². The number of nitrogens with zero attached hydrogens (tertiary/aromatic N) is 1. The molecule has 0 fully saturated rings. The number of carbonyl (C=O) groups is 1. The minimum atomic E-state index is -0.512. The largest absolute Gasteiger partial charge is 0.425 e. The number of non-ortho nitro benzene ring substituents is 1. The average Bonchev–Trinajstić information content (AvgIpc) is 2.39. The van der Waals surface area contributed by atoms with Gasteiger partial charge in [-0.15, -0.1) is 11.6 Å². The lowest BCUT2D eigenvalue weighted by atomic mass is 10.3. The zero-order chi connectivity index (χ0) is 14.3. The first-order chi connectivity index (χ1) is 9.04. The van der Waals surface area contributed by atoms with Crippen LogP contribution >= 0.6 is 11.6 Å². The third-order valence-corrected chi connectivity index (χ3v) is 2.65. The number of benzene rings is 1. The van der Waals surface area contributed by atoms with E-state index < -0.39 is 16.9 Å². The van der Waals surface area contributed by atoms with Gasteiger partial charge in [0.2, 0.25) is 0 Å². The highest BCUT2D eigenvalue weighted by atomic mass is 35.5. The summed E-state index contributed by atoms with van der Waals surface area (Å²) < 4.78 is 5.08. The van der Waals surface area contributed by atoms with E-state index in [-0.39, 0.29) is 11.4 Å². The van der Waals surface area contributed by atoms with Crippen LogP contribution in [0.4, 0.5) is 5.69 Å². The summed E-state index contributed by atoms with van der Waals surface area (Å²) in [6.45, 7) is 2.31. The monoisotopic (exact) mass is 286 g/mol. The Morgan fingerprint density at radius 3 is 2.63 bits per heavy atom. The second-order valence-electron chi connectivity index (χ2n) is 3.89. The zero-order valence-electron chi connectivity index (χ0n) is 10.5. The van der Waals surface area contributed by atoms with Crippen LogP contribution < -0.4 is 10.1 Å². The van der Waals surface area contributed by atoms with Gasteiger partial charge in [-0.05, 0) is 32.0 Å². The molecule has 0 spiro atoms. The van der Waals surface area contributed by atoms with E-state index in [4.69, 9.17) is 16.3 Å². The first-order valence-electron chi connectivity index (χ1n) is 5.80. The van der Waals surface area contributed by atoms with Crippen LogP contribution in [0.15, 0.2) is 24.3 Å². The molecule has 7 heteroatoms. The Morgan fingerprint density at radius 2 is 2.11 bits per heavy atom. The zero-order valence-corrected chi connectivity index (χ0v) is 11.2. The number of nitro benzene ring substituents is 1. The van der Waals surface area contributed by atoms with Gasteiger partial charge in [-0.1, -0.05) is 0 Å². The minimum Gasteiger partial charge on any atom is -0.425 e. The van der Waals surface area contributed by atoms with E-state index in [1.54, 1.807) is 6.92 Å². The maximum absolute atomic E-state index is 11.7. The topological polar surface area (TPSA) is 81.5 Å². The molecule has 1 aromatic carbocycles. The van der Waals surface area contributed by atoms with Gasteiger partial charge in [0.15, 0.2) is 0 Å². The highest BCUT2D eigenvalue weighted by Crippen LogP contribution is 2.17. The molecule has 0 heterocycles. The maximum Gasteiger partial charge on any atom is 0.328 e. The van der Waals surface area contributed by atoms with Crippen molar-refractivity contribution in [2.45, 2.75) is 19.4 Å². The average molecular weight is 287 g/mol. The van der Waals surface area contributed by atoms with Crippen molar-refractivity contribution in [3.05, 3.63) is 34.4 Å². The van der Waals surface area contributed by atoms with Gasteiger partial charge in [0.25, 0.3) is 5.69 Å². The quantitative estimate of drug-likeness (QED) is 0.207. The number of hydrogen-bond donors (Lipinski definition) is 1. The maximum atomic E-state index is 11.7. The van der Waals surface area contributed by atoms with E-state index in [1.807, 2.05) is 0 Å². The standard InChI is InChI=1S/C12H15ClN2O4/c1-9(14-8-2-7-13)12(16)19-11-5-3-10(4-6-11)15(17)18/h3-6,9,14H,2,7-8H2,1H3/t9-/m0/s1. The predicted molar refractivity (Wildman–Crippen MR) is 71.5 cm³/mol. The number of esters is 1. The van der Waals surface area contributed by atoms with Crippen molar-refractivity contribution in [3.63, 3.8) is 0 Å². The minimum absolute atomic E-state index is 0.0481. The molecule has 0 radical (unpaired) electrons. The molecule has 0 bridgehead atoms. The Labute approximate surface area is 115 Å². The fourth-order valence-electron chi connectivity index (χ4n) is 1.31. The number of carbonyl (C=O) groups excluding carboxylic acids is 1. The highest BCUT2D eigenvalue weighted by molar-refractivity contribution is 6.17. The Bertz CT molecular complexity index is 436. The number of rotatable bonds is 7. The molecule has 0 aliphatic heterocycles. The molecule has 0 aromatic heterocycles. The molecule has 1 aromatic rings. The molecule has 0 saturated carbocycles. The lowest BCUT2D eigenvalue weighted by molar-refractivity contribution is -0.384. The molecule has 19 heavy (non-hydrogen) atoms. The van der Waals surface area contributed by atoms with E-state index in [1.165, 1.54) is 24.3 Å². The van der Waals surface area contributed by atoms with Crippen molar-refractivity contribution in [2.24, 2.45) is 0 Å².